The fourth-order valence-corrected chi connectivity index (χ4v) is 2.79. The van der Waals surface area contributed by atoms with Crippen molar-refractivity contribution in [2.45, 2.75) is 12.5 Å². The molecule has 3 aromatic rings. The third-order valence-corrected chi connectivity index (χ3v) is 4.23. The Morgan fingerprint density at radius 2 is 2.10 bits per heavy atom. The standard InChI is InChI=1S/C14H12ClN3OS/c15-10-5-2-1-4-9(10)8-12-17-14(19-18-12)13(16)11-6-3-7-20-11/h1-7,13H,8,16H2. The second-order valence-corrected chi connectivity index (χ2v) is 5.70. The van der Waals surface area contributed by atoms with E-state index in [2.05, 4.69) is 10.1 Å². The Morgan fingerprint density at radius 3 is 2.85 bits per heavy atom. The number of nitrogens with two attached hydrogens (primary N) is 1. The van der Waals surface area contributed by atoms with Gasteiger partial charge in [0.2, 0.25) is 5.89 Å². The van der Waals surface area contributed by atoms with Crippen LogP contribution in [-0.4, -0.2) is 10.1 Å². The number of rotatable bonds is 4. The van der Waals surface area contributed by atoms with Gasteiger partial charge in [0, 0.05) is 16.3 Å². The number of hydrogen-bond donors (Lipinski definition) is 1. The lowest BCUT2D eigenvalue weighted by Crippen LogP contribution is -2.10. The van der Waals surface area contributed by atoms with Gasteiger partial charge >= 0.3 is 0 Å². The molecule has 6 heteroatoms. The minimum Gasteiger partial charge on any atom is -0.337 e. The maximum atomic E-state index is 6.12. The molecule has 0 bridgehead atoms. The molecule has 2 heterocycles. The molecular weight excluding hydrogens is 294 g/mol. The summed E-state index contributed by atoms with van der Waals surface area (Å²) in [6.07, 6.45) is 0.528. The van der Waals surface area contributed by atoms with Crippen molar-refractivity contribution in [3.8, 4) is 0 Å². The van der Waals surface area contributed by atoms with E-state index in [0.29, 0.717) is 23.2 Å². The van der Waals surface area contributed by atoms with E-state index < -0.39 is 0 Å². The first-order valence-electron chi connectivity index (χ1n) is 6.09. The highest BCUT2D eigenvalue weighted by Crippen LogP contribution is 2.23. The summed E-state index contributed by atoms with van der Waals surface area (Å²) in [5, 5.41) is 6.63. The van der Waals surface area contributed by atoms with E-state index >= 15 is 0 Å². The van der Waals surface area contributed by atoms with Crippen LogP contribution < -0.4 is 5.73 Å². The molecule has 2 aromatic heterocycles. The van der Waals surface area contributed by atoms with Crippen LogP contribution in [0.5, 0.6) is 0 Å². The van der Waals surface area contributed by atoms with Crippen LogP contribution in [-0.2, 0) is 6.42 Å². The summed E-state index contributed by atoms with van der Waals surface area (Å²) in [4.78, 5) is 5.35. The van der Waals surface area contributed by atoms with Crippen LogP contribution in [0.2, 0.25) is 5.02 Å². The molecule has 0 aliphatic heterocycles. The first-order chi connectivity index (χ1) is 9.74. The lowest BCUT2D eigenvalue weighted by Gasteiger charge is -2.02. The minimum absolute atomic E-state index is 0.373. The minimum atomic E-state index is -0.373. The molecule has 1 aromatic carbocycles. The molecule has 0 aliphatic rings. The van der Waals surface area contributed by atoms with Crippen molar-refractivity contribution >= 4 is 22.9 Å². The van der Waals surface area contributed by atoms with Crippen LogP contribution >= 0.6 is 22.9 Å². The van der Waals surface area contributed by atoms with E-state index in [0.717, 1.165) is 10.4 Å². The van der Waals surface area contributed by atoms with Crippen molar-refractivity contribution in [3.05, 3.63) is 69.0 Å². The fraction of sp³-hybridized carbons (Fsp3) is 0.143. The zero-order valence-corrected chi connectivity index (χ0v) is 12.1. The summed E-state index contributed by atoms with van der Waals surface area (Å²) in [5.41, 5.74) is 7.05. The zero-order chi connectivity index (χ0) is 13.9. The van der Waals surface area contributed by atoms with Crippen molar-refractivity contribution in [2.75, 3.05) is 0 Å². The molecule has 1 atom stereocenters. The monoisotopic (exact) mass is 305 g/mol. The van der Waals surface area contributed by atoms with Gasteiger partial charge in [-0.15, -0.1) is 11.3 Å². The van der Waals surface area contributed by atoms with Crippen molar-refractivity contribution in [1.29, 1.82) is 0 Å². The molecule has 4 nitrogen and oxygen atoms in total. The molecule has 1 unspecified atom stereocenters. The van der Waals surface area contributed by atoms with Crippen LogP contribution in [0.1, 0.15) is 28.2 Å². The average molecular weight is 306 g/mol. The van der Waals surface area contributed by atoms with Crippen LogP contribution in [0.25, 0.3) is 0 Å². The van der Waals surface area contributed by atoms with Gasteiger partial charge in [-0.3, -0.25) is 0 Å². The molecule has 0 saturated heterocycles. The van der Waals surface area contributed by atoms with Gasteiger partial charge in [-0.1, -0.05) is 41.0 Å². The first kappa shape index (κ1) is 13.3. The van der Waals surface area contributed by atoms with E-state index in [9.17, 15) is 0 Å². The van der Waals surface area contributed by atoms with Gasteiger partial charge in [0.1, 0.15) is 6.04 Å². The van der Waals surface area contributed by atoms with Gasteiger partial charge in [-0.05, 0) is 23.1 Å². The molecule has 0 spiro atoms. The highest BCUT2D eigenvalue weighted by atomic mass is 35.5. The van der Waals surface area contributed by atoms with Crippen LogP contribution in [0.3, 0.4) is 0 Å². The third-order valence-electron chi connectivity index (χ3n) is 2.91. The van der Waals surface area contributed by atoms with Crippen molar-refractivity contribution in [3.63, 3.8) is 0 Å². The number of benzene rings is 1. The van der Waals surface area contributed by atoms with E-state index in [1.54, 1.807) is 11.3 Å². The lowest BCUT2D eigenvalue weighted by molar-refractivity contribution is 0.364. The summed E-state index contributed by atoms with van der Waals surface area (Å²) in [5.74, 6) is 1.01. The van der Waals surface area contributed by atoms with Gasteiger partial charge in [-0.25, -0.2) is 0 Å². The number of aromatic nitrogens is 2. The number of nitrogens with zero attached hydrogens (tertiary/aromatic N) is 2. The quantitative estimate of drug-likeness (QED) is 0.802. The second-order valence-electron chi connectivity index (χ2n) is 4.31. The smallest absolute Gasteiger partial charge is 0.248 e. The Balaban J connectivity index is 1.79. The number of halogens is 1. The largest absolute Gasteiger partial charge is 0.337 e. The predicted octanol–water partition coefficient (Wildman–Crippen LogP) is 3.42. The fourth-order valence-electron chi connectivity index (χ4n) is 1.87. The summed E-state index contributed by atoms with van der Waals surface area (Å²) in [7, 11) is 0. The average Bonchev–Trinajstić information content (AvgIpc) is 3.12. The van der Waals surface area contributed by atoms with Crippen molar-refractivity contribution < 1.29 is 4.52 Å². The highest BCUT2D eigenvalue weighted by Gasteiger charge is 2.18. The zero-order valence-electron chi connectivity index (χ0n) is 10.5. The molecule has 0 amide bonds. The van der Waals surface area contributed by atoms with E-state index in [-0.39, 0.29) is 6.04 Å². The van der Waals surface area contributed by atoms with Gasteiger partial charge in [0.25, 0.3) is 0 Å². The van der Waals surface area contributed by atoms with Crippen LogP contribution in [0.4, 0.5) is 0 Å². The Hall–Kier alpha value is -1.69. The van der Waals surface area contributed by atoms with Gasteiger partial charge in [0.05, 0.1) is 0 Å². The molecule has 102 valence electrons. The third kappa shape index (κ3) is 2.75. The second kappa shape index (κ2) is 5.75. The predicted molar refractivity (Wildman–Crippen MR) is 78.9 cm³/mol. The molecule has 0 saturated carbocycles. The normalized spacial score (nSPS) is 12.5. The summed E-state index contributed by atoms with van der Waals surface area (Å²) < 4.78 is 5.24. The molecule has 2 N–H and O–H groups in total. The van der Waals surface area contributed by atoms with Gasteiger partial charge in [-0.2, -0.15) is 4.98 Å². The summed E-state index contributed by atoms with van der Waals surface area (Å²) >= 11 is 7.68. The molecule has 20 heavy (non-hydrogen) atoms. The Kier molecular flexibility index (Phi) is 3.82. The maximum Gasteiger partial charge on any atom is 0.248 e. The molecular formula is C14H12ClN3OS. The van der Waals surface area contributed by atoms with Gasteiger partial charge < -0.3 is 10.3 Å². The van der Waals surface area contributed by atoms with Crippen LogP contribution in [0, 0.1) is 0 Å². The van der Waals surface area contributed by atoms with E-state index in [1.807, 2.05) is 41.8 Å². The molecule has 0 radical (unpaired) electrons. The lowest BCUT2D eigenvalue weighted by atomic mass is 10.1. The van der Waals surface area contributed by atoms with Crippen LogP contribution in [0.15, 0.2) is 46.3 Å². The van der Waals surface area contributed by atoms with Gasteiger partial charge in [0.15, 0.2) is 5.82 Å². The summed E-state index contributed by atoms with van der Waals surface area (Å²) in [6.45, 7) is 0. The van der Waals surface area contributed by atoms with E-state index in [4.69, 9.17) is 21.9 Å². The number of thiophene rings is 1. The Morgan fingerprint density at radius 1 is 1.25 bits per heavy atom. The molecule has 3 rings (SSSR count). The Labute approximate surface area is 125 Å². The maximum absolute atomic E-state index is 6.12. The SMILES string of the molecule is NC(c1nc(Cc2ccccc2Cl)no1)c1cccs1. The van der Waals surface area contributed by atoms with E-state index in [1.165, 1.54) is 0 Å². The molecule has 0 fully saturated rings. The van der Waals surface area contributed by atoms with Crippen molar-refractivity contribution in [1.82, 2.24) is 10.1 Å². The van der Waals surface area contributed by atoms with Crippen molar-refractivity contribution in [2.24, 2.45) is 5.73 Å². The summed E-state index contributed by atoms with van der Waals surface area (Å²) in [6, 6.07) is 11.1. The first-order valence-corrected chi connectivity index (χ1v) is 7.34. The topological polar surface area (TPSA) is 64.9 Å². The highest BCUT2D eigenvalue weighted by molar-refractivity contribution is 7.10. The Bertz CT molecular complexity index is 696. The molecule has 0 aliphatic carbocycles. The number of hydrogen-bond acceptors (Lipinski definition) is 5.